The molecule has 0 spiro atoms. The molecule has 0 bridgehead atoms. The number of hydrogen-bond acceptors (Lipinski definition) is 4. The van der Waals surface area contributed by atoms with Crippen LogP contribution in [0.25, 0.3) is 0 Å². The molecule has 0 fully saturated rings. The number of alkyl halides is 3. The van der Waals surface area contributed by atoms with Gasteiger partial charge in [-0.3, -0.25) is 10.1 Å². The molecule has 112 valence electrons. The van der Waals surface area contributed by atoms with Gasteiger partial charge < -0.3 is 10.0 Å². The maximum Gasteiger partial charge on any atom is 0.390 e. The van der Waals surface area contributed by atoms with Gasteiger partial charge in [0.05, 0.1) is 17.4 Å². The average molecular weight is 292 g/mol. The summed E-state index contributed by atoms with van der Waals surface area (Å²) in [4.78, 5) is 11.5. The third kappa shape index (κ3) is 4.37. The van der Waals surface area contributed by atoms with E-state index in [2.05, 4.69) is 0 Å². The minimum atomic E-state index is -4.32. The molecule has 8 heteroatoms. The first-order valence-corrected chi connectivity index (χ1v) is 5.86. The van der Waals surface area contributed by atoms with Crippen molar-refractivity contribution in [2.24, 2.45) is 0 Å². The largest absolute Gasteiger partial charge is 0.390 e. The second kappa shape index (κ2) is 6.08. The zero-order valence-electron chi connectivity index (χ0n) is 11.0. The van der Waals surface area contributed by atoms with Gasteiger partial charge in [-0.25, -0.2) is 0 Å². The molecule has 1 atom stereocenters. The fourth-order valence-electron chi connectivity index (χ4n) is 1.68. The van der Waals surface area contributed by atoms with E-state index in [4.69, 9.17) is 0 Å². The third-order valence-corrected chi connectivity index (χ3v) is 2.82. The molecule has 0 aliphatic rings. The monoisotopic (exact) mass is 292 g/mol. The molecule has 0 unspecified atom stereocenters. The molecule has 0 aliphatic heterocycles. The van der Waals surface area contributed by atoms with Crippen LogP contribution in [0.2, 0.25) is 0 Å². The first-order chi connectivity index (χ1) is 9.11. The van der Waals surface area contributed by atoms with E-state index in [0.29, 0.717) is 5.56 Å². The van der Waals surface area contributed by atoms with Crippen molar-refractivity contribution in [3.63, 3.8) is 0 Å². The van der Waals surface area contributed by atoms with Crippen molar-refractivity contribution in [2.75, 3.05) is 18.5 Å². The van der Waals surface area contributed by atoms with Crippen LogP contribution in [0, 0.1) is 10.1 Å². The number of aliphatic hydroxyl groups is 1. The minimum absolute atomic E-state index is 0.0867. The molecule has 5 nitrogen and oxygen atoms in total. The smallest absolute Gasteiger partial charge is 0.389 e. The van der Waals surface area contributed by atoms with Crippen LogP contribution < -0.4 is 4.90 Å². The summed E-state index contributed by atoms with van der Waals surface area (Å²) >= 11 is 0. The van der Waals surface area contributed by atoms with E-state index in [1.54, 1.807) is 0 Å². The number of nitrogens with zero attached hydrogens (tertiary/aromatic N) is 2. The number of nitro benzene ring substituents is 1. The van der Waals surface area contributed by atoms with Crippen molar-refractivity contribution in [1.29, 1.82) is 0 Å². The molecule has 1 rings (SSSR count). The van der Waals surface area contributed by atoms with Gasteiger partial charge in [0.1, 0.15) is 5.69 Å². The molecule has 0 heterocycles. The highest BCUT2D eigenvalue weighted by molar-refractivity contribution is 5.64. The molecule has 0 saturated heterocycles. The van der Waals surface area contributed by atoms with Gasteiger partial charge in [0.15, 0.2) is 0 Å². The Kier molecular flexibility index (Phi) is 4.93. The topological polar surface area (TPSA) is 66.6 Å². The number of nitro groups is 1. The lowest BCUT2D eigenvalue weighted by Crippen LogP contribution is -2.24. The van der Waals surface area contributed by atoms with Crippen molar-refractivity contribution in [3.05, 3.63) is 33.9 Å². The highest BCUT2D eigenvalue weighted by atomic mass is 19.4. The Bertz CT molecular complexity index is 489. The van der Waals surface area contributed by atoms with E-state index >= 15 is 0 Å². The first-order valence-electron chi connectivity index (χ1n) is 5.86. The van der Waals surface area contributed by atoms with Gasteiger partial charge in [0.25, 0.3) is 5.69 Å². The van der Waals surface area contributed by atoms with Crippen LogP contribution in [0.1, 0.15) is 25.0 Å². The molecular formula is C12H15F3N2O3. The Balaban J connectivity index is 3.02. The average Bonchev–Trinajstić information content (AvgIpc) is 2.34. The van der Waals surface area contributed by atoms with E-state index in [0.717, 1.165) is 0 Å². The van der Waals surface area contributed by atoms with Gasteiger partial charge in [-0.15, -0.1) is 0 Å². The highest BCUT2D eigenvalue weighted by Crippen LogP contribution is 2.31. The second-order valence-corrected chi connectivity index (χ2v) is 4.47. The van der Waals surface area contributed by atoms with Crippen molar-refractivity contribution >= 4 is 11.4 Å². The molecule has 1 N–H and O–H groups in total. The van der Waals surface area contributed by atoms with E-state index in [9.17, 15) is 28.4 Å². The fraction of sp³-hybridized carbons (Fsp3) is 0.500. The van der Waals surface area contributed by atoms with E-state index in [-0.39, 0.29) is 17.9 Å². The lowest BCUT2D eigenvalue weighted by Gasteiger charge is -2.20. The lowest BCUT2D eigenvalue weighted by atomic mass is 10.1. The molecule has 1 aromatic rings. The molecule has 0 aromatic heterocycles. The summed E-state index contributed by atoms with van der Waals surface area (Å²) in [6.45, 7) is 1.07. The summed E-state index contributed by atoms with van der Waals surface area (Å²) in [7, 11) is 1.36. The molecule has 1 aromatic carbocycles. The molecule has 20 heavy (non-hydrogen) atoms. The summed E-state index contributed by atoms with van der Waals surface area (Å²) in [5.41, 5.74) is 0.0985. The lowest BCUT2D eigenvalue weighted by molar-refractivity contribution is -0.384. The number of rotatable bonds is 5. The van der Waals surface area contributed by atoms with Crippen LogP contribution in [-0.4, -0.2) is 29.8 Å². The molecular weight excluding hydrogens is 277 g/mol. The van der Waals surface area contributed by atoms with Gasteiger partial charge in [-0.05, 0) is 18.6 Å². The van der Waals surface area contributed by atoms with Crippen molar-refractivity contribution in [3.8, 4) is 0 Å². The minimum Gasteiger partial charge on any atom is -0.389 e. The molecule has 0 aliphatic carbocycles. The maximum absolute atomic E-state index is 12.2. The SMILES string of the molecule is C[C@@H](O)c1ccc(N(C)CCC(F)(F)F)c([N+](=O)[O-])c1. The maximum atomic E-state index is 12.2. The Morgan fingerprint density at radius 2 is 2.05 bits per heavy atom. The van der Waals surface area contributed by atoms with E-state index in [1.165, 1.54) is 37.1 Å². The molecule has 0 saturated carbocycles. The van der Waals surface area contributed by atoms with E-state index < -0.39 is 23.6 Å². The third-order valence-electron chi connectivity index (χ3n) is 2.82. The number of hydrogen-bond donors (Lipinski definition) is 1. The van der Waals surface area contributed by atoms with Crippen LogP contribution in [0.4, 0.5) is 24.5 Å². The summed E-state index contributed by atoms with van der Waals surface area (Å²) in [5.74, 6) is 0. The Morgan fingerprint density at radius 1 is 1.45 bits per heavy atom. The van der Waals surface area contributed by atoms with E-state index in [1.807, 2.05) is 0 Å². The van der Waals surface area contributed by atoms with Crippen molar-refractivity contribution in [1.82, 2.24) is 0 Å². The quantitative estimate of drug-likeness (QED) is 0.669. The Labute approximate surface area is 113 Å². The van der Waals surface area contributed by atoms with Gasteiger partial charge in [-0.2, -0.15) is 13.2 Å². The number of anilines is 1. The molecule has 0 radical (unpaired) electrons. The van der Waals surface area contributed by atoms with Crippen LogP contribution in [0.5, 0.6) is 0 Å². The molecule has 0 amide bonds. The van der Waals surface area contributed by atoms with Gasteiger partial charge in [0.2, 0.25) is 0 Å². The predicted molar refractivity (Wildman–Crippen MR) is 67.7 cm³/mol. The van der Waals surface area contributed by atoms with Crippen molar-refractivity contribution in [2.45, 2.75) is 25.6 Å². The normalized spacial score (nSPS) is 13.1. The van der Waals surface area contributed by atoms with Crippen molar-refractivity contribution < 1.29 is 23.2 Å². The Morgan fingerprint density at radius 3 is 2.50 bits per heavy atom. The van der Waals surface area contributed by atoms with Crippen LogP contribution in [0.15, 0.2) is 18.2 Å². The number of benzene rings is 1. The van der Waals surface area contributed by atoms with Crippen LogP contribution in [0.3, 0.4) is 0 Å². The van der Waals surface area contributed by atoms with Crippen LogP contribution >= 0.6 is 0 Å². The van der Waals surface area contributed by atoms with Gasteiger partial charge >= 0.3 is 6.18 Å². The summed E-state index contributed by atoms with van der Waals surface area (Å²) < 4.78 is 36.5. The zero-order chi connectivity index (χ0) is 15.5. The van der Waals surface area contributed by atoms with Gasteiger partial charge in [-0.1, -0.05) is 6.07 Å². The predicted octanol–water partition coefficient (Wildman–Crippen LogP) is 3.04. The zero-order valence-corrected chi connectivity index (χ0v) is 11.0. The fourth-order valence-corrected chi connectivity index (χ4v) is 1.68. The van der Waals surface area contributed by atoms with Gasteiger partial charge in [0, 0.05) is 19.7 Å². The highest BCUT2D eigenvalue weighted by Gasteiger charge is 2.28. The first kappa shape index (κ1) is 16.2. The summed E-state index contributed by atoms with van der Waals surface area (Å²) in [5, 5.41) is 20.4. The summed E-state index contributed by atoms with van der Waals surface area (Å²) in [6.07, 6.45) is -6.26. The standard InChI is InChI=1S/C12H15F3N2O3/c1-8(18)9-3-4-10(11(7-9)17(19)20)16(2)6-5-12(13,14)15/h3-4,7-8,18H,5-6H2,1-2H3/t8-/m1/s1. The number of halogens is 3. The number of aliphatic hydroxyl groups excluding tert-OH is 1. The van der Waals surface area contributed by atoms with Crippen LogP contribution in [-0.2, 0) is 0 Å². The Hall–Kier alpha value is -1.83. The summed E-state index contributed by atoms with van der Waals surface area (Å²) in [6, 6.07) is 3.97. The second-order valence-electron chi connectivity index (χ2n) is 4.47.